The molecule has 0 fully saturated rings. The van der Waals surface area contributed by atoms with Gasteiger partial charge in [-0.25, -0.2) is 4.98 Å². The van der Waals surface area contributed by atoms with Crippen molar-refractivity contribution in [3.63, 3.8) is 0 Å². The van der Waals surface area contributed by atoms with E-state index in [2.05, 4.69) is 17.2 Å². The van der Waals surface area contributed by atoms with Crippen LogP contribution in [0.4, 0.5) is 5.13 Å². The molecule has 0 radical (unpaired) electrons. The summed E-state index contributed by atoms with van der Waals surface area (Å²) in [5.74, 6) is 2.30. The number of nitrogens with one attached hydrogen (secondary N) is 1. The second kappa shape index (κ2) is 7.39. The highest BCUT2D eigenvalue weighted by Gasteiger charge is 2.16. The zero-order valence-corrected chi connectivity index (χ0v) is 15.7. The third-order valence-electron chi connectivity index (χ3n) is 3.82. The normalized spacial score (nSPS) is 12.2. The van der Waals surface area contributed by atoms with Crippen molar-refractivity contribution in [2.75, 3.05) is 17.9 Å². The fourth-order valence-electron chi connectivity index (χ4n) is 2.56. The summed E-state index contributed by atoms with van der Waals surface area (Å²) in [5.41, 5.74) is 2.33. The molecule has 5 nitrogen and oxygen atoms in total. The monoisotopic (exact) mass is 384 g/mol. The van der Waals surface area contributed by atoms with Gasteiger partial charge >= 0.3 is 0 Å². The van der Waals surface area contributed by atoms with Crippen molar-refractivity contribution < 1.29 is 14.3 Å². The van der Waals surface area contributed by atoms with Crippen LogP contribution in [-0.4, -0.2) is 23.4 Å². The van der Waals surface area contributed by atoms with Crippen LogP contribution in [0.5, 0.6) is 11.5 Å². The summed E-state index contributed by atoms with van der Waals surface area (Å²) >= 11 is 3.14. The third-order valence-corrected chi connectivity index (χ3v) is 5.47. The summed E-state index contributed by atoms with van der Waals surface area (Å²) in [5, 5.41) is 5.33. The lowest BCUT2D eigenvalue weighted by molar-refractivity contribution is 0.102. The molecule has 2 aromatic carbocycles. The van der Waals surface area contributed by atoms with Gasteiger partial charge in [0.2, 0.25) is 6.79 Å². The first-order valence-electron chi connectivity index (χ1n) is 8.12. The van der Waals surface area contributed by atoms with E-state index in [1.165, 1.54) is 11.3 Å². The number of aromatic nitrogens is 1. The van der Waals surface area contributed by atoms with Crippen molar-refractivity contribution in [2.24, 2.45) is 0 Å². The Bertz CT molecular complexity index is 938. The van der Waals surface area contributed by atoms with Crippen molar-refractivity contribution in [2.45, 2.75) is 11.8 Å². The van der Waals surface area contributed by atoms with E-state index in [1.54, 1.807) is 11.8 Å². The molecule has 7 heteroatoms. The maximum atomic E-state index is 12.4. The van der Waals surface area contributed by atoms with E-state index in [4.69, 9.17) is 9.47 Å². The minimum absolute atomic E-state index is 0.162. The van der Waals surface area contributed by atoms with Crippen LogP contribution >= 0.6 is 23.1 Å². The van der Waals surface area contributed by atoms with Crippen LogP contribution in [-0.2, 0) is 0 Å². The lowest BCUT2D eigenvalue weighted by Crippen LogP contribution is -2.11. The topological polar surface area (TPSA) is 60.5 Å². The summed E-state index contributed by atoms with van der Waals surface area (Å²) in [6, 6.07) is 13.3. The largest absolute Gasteiger partial charge is 0.454 e. The summed E-state index contributed by atoms with van der Waals surface area (Å²) < 4.78 is 10.7. The highest BCUT2D eigenvalue weighted by atomic mass is 32.2. The zero-order valence-electron chi connectivity index (χ0n) is 14.0. The summed E-state index contributed by atoms with van der Waals surface area (Å²) in [4.78, 5) is 18.1. The molecule has 2 heterocycles. The lowest BCUT2D eigenvalue weighted by atomic mass is 10.1. The molecular weight excluding hydrogens is 368 g/mol. The predicted molar refractivity (Wildman–Crippen MR) is 104 cm³/mol. The van der Waals surface area contributed by atoms with Gasteiger partial charge in [-0.15, -0.1) is 23.1 Å². The molecule has 0 bridgehead atoms. The van der Waals surface area contributed by atoms with Gasteiger partial charge in [0.25, 0.3) is 5.91 Å². The van der Waals surface area contributed by atoms with E-state index in [0.29, 0.717) is 16.4 Å². The van der Waals surface area contributed by atoms with E-state index in [1.807, 2.05) is 47.8 Å². The quantitative estimate of drug-likeness (QED) is 0.634. The number of thioether (sulfide) groups is 1. The molecule has 0 unspecified atom stereocenters. The standard InChI is InChI=1S/C19H16N2O3S2/c1-2-25-14-6-3-12(4-7-14)18(22)21-19-20-15(10-26-19)13-5-8-16-17(9-13)24-11-23-16/h3-10H,2,11H2,1H3,(H,20,21,22). The molecule has 0 atom stereocenters. The number of hydrogen-bond acceptors (Lipinski definition) is 6. The minimum atomic E-state index is -0.162. The lowest BCUT2D eigenvalue weighted by Gasteiger charge is -2.03. The molecule has 3 aromatic rings. The molecule has 1 N–H and O–H groups in total. The maximum Gasteiger partial charge on any atom is 0.257 e. The van der Waals surface area contributed by atoms with Crippen LogP contribution in [0.3, 0.4) is 0 Å². The average Bonchev–Trinajstić information content (AvgIpc) is 3.31. The van der Waals surface area contributed by atoms with Gasteiger partial charge in [0, 0.05) is 21.4 Å². The fraction of sp³-hybridized carbons (Fsp3) is 0.158. The average molecular weight is 384 g/mol. The molecule has 1 aliphatic heterocycles. The zero-order chi connectivity index (χ0) is 17.9. The van der Waals surface area contributed by atoms with Gasteiger partial charge in [-0.3, -0.25) is 10.1 Å². The molecule has 1 aromatic heterocycles. The summed E-state index contributed by atoms with van der Waals surface area (Å²) in [6.07, 6.45) is 0. The number of anilines is 1. The second-order valence-corrected chi connectivity index (χ2v) is 7.71. The first kappa shape index (κ1) is 16.9. The smallest absolute Gasteiger partial charge is 0.257 e. The Morgan fingerprint density at radius 1 is 1.19 bits per heavy atom. The Kier molecular flexibility index (Phi) is 4.81. The number of fused-ring (bicyclic) bond motifs is 1. The van der Waals surface area contributed by atoms with Gasteiger partial charge in [0.05, 0.1) is 5.69 Å². The third kappa shape index (κ3) is 3.54. The highest BCUT2D eigenvalue weighted by Crippen LogP contribution is 2.36. The van der Waals surface area contributed by atoms with Gasteiger partial charge in [0.15, 0.2) is 16.6 Å². The van der Waals surface area contributed by atoms with Gasteiger partial charge in [-0.2, -0.15) is 0 Å². The molecule has 0 saturated carbocycles. The maximum absolute atomic E-state index is 12.4. The van der Waals surface area contributed by atoms with Crippen LogP contribution in [0, 0.1) is 0 Å². The van der Waals surface area contributed by atoms with Crippen molar-refractivity contribution >= 4 is 34.1 Å². The van der Waals surface area contributed by atoms with Gasteiger partial charge in [-0.05, 0) is 48.2 Å². The number of benzene rings is 2. The van der Waals surface area contributed by atoms with Crippen LogP contribution in [0.2, 0.25) is 0 Å². The Morgan fingerprint density at radius 2 is 2.00 bits per heavy atom. The minimum Gasteiger partial charge on any atom is -0.454 e. The molecule has 0 saturated heterocycles. The molecule has 1 amide bonds. The Balaban J connectivity index is 1.47. The van der Waals surface area contributed by atoms with Crippen LogP contribution in [0.25, 0.3) is 11.3 Å². The number of carbonyl (C=O) groups is 1. The first-order valence-corrected chi connectivity index (χ1v) is 9.99. The van der Waals surface area contributed by atoms with Crippen molar-refractivity contribution in [1.82, 2.24) is 4.98 Å². The van der Waals surface area contributed by atoms with Crippen LogP contribution in [0.15, 0.2) is 52.7 Å². The molecule has 4 rings (SSSR count). The van der Waals surface area contributed by atoms with E-state index in [-0.39, 0.29) is 12.7 Å². The van der Waals surface area contributed by atoms with Gasteiger partial charge in [-0.1, -0.05) is 6.92 Å². The number of rotatable bonds is 5. The summed E-state index contributed by atoms with van der Waals surface area (Å²) in [6.45, 7) is 2.35. The van der Waals surface area contributed by atoms with Crippen molar-refractivity contribution in [3.8, 4) is 22.8 Å². The number of thiazole rings is 1. The predicted octanol–water partition coefficient (Wildman–Crippen LogP) is 4.90. The Labute approximate surface area is 159 Å². The molecule has 1 aliphatic rings. The van der Waals surface area contributed by atoms with Crippen molar-refractivity contribution in [1.29, 1.82) is 0 Å². The van der Waals surface area contributed by atoms with E-state index < -0.39 is 0 Å². The Hall–Kier alpha value is -2.51. The SMILES string of the molecule is CCSc1ccc(C(=O)Nc2nc(-c3ccc4c(c3)OCO4)cs2)cc1. The number of ether oxygens (including phenoxy) is 2. The van der Waals surface area contributed by atoms with Gasteiger partial charge in [0.1, 0.15) is 0 Å². The van der Waals surface area contributed by atoms with Gasteiger partial charge < -0.3 is 9.47 Å². The van der Waals surface area contributed by atoms with Crippen LogP contribution in [0.1, 0.15) is 17.3 Å². The van der Waals surface area contributed by atoms with E-state index in [0.717, 1.165) is 27.7 Å². The van der Waals surface area contributed by atoms with E-state index in [9.17, 15) is 4.79 Å². The highest BCUT2D eigenvalue weighted by molar-refractivity contribution is 7.99. The molecule has 0 spiro atoms. The van der Waals surface area contributed by atoms with Crippen molar-refractivity contribution in [3.05, 3.63) is 53.4 Å². The molecule has 26 heavy (non-hydrogen) atoms. The molecular formula is C19H16N2O3S2. The fourth-order valence-corrected chi connectivity index (χ4v) is 3.93. The molecule has 132 valence electrons. The van der Waals surface area contributed by atoms with Crippen LogP contribution < -0.4 is 14.8 Å². The Morgan fingerprint density at radius 3 is 2.81 bits per heavy atom. The first-order chi connectivity index (χ1) is 12.7. The summed E-state index contributed by atoms with van der Waals surface area (Å²) in [7, 11) is 0. The second-order valence-electron chi connectivity index (χ2n) is 5.52. The molecule has 0 aliphatic carbocycles. The number of hydrogen-bond donors (Lipinski definition) is 1. The van der Waals surface area contributed by atoms with E-state index >= 15 is 0 Å². The number of amides is 1. The number of carbonyl (C=O) groups excluding carboxylic acids is 1. The number of nitrogens with zero attached hydrogens (tertiary/aromatic N) is 1.